The second kappa shape index (κ2) is 11.8. The molecule has 1 fully saturated rings. The van der Waals surface area contributed by atoms with Gasteiger partial charge >= 0.3 is 0 Å². The molecule has 0 bridgehead atoms. The SMILES string of the molecule is CC.Cc1cc2c(F)c(Oc3ncnc(Nc4ccc(CN5CCN(C)CC5)cn4)c3C#N)ccc2[nH]1. The van der Waals surface area contributed by atoms with Crippen molar-refractivity contribution in [2.24, 2.45) is 0 Å². The number of aromatic amines is 1. The van der Waals surface area contributed by atoms with Gasteiger partial charge in [0.1, 0.15) is 18.2 Å². The van der Waals surface area contributed by atoms with Gasteiger partial charge in [0, 0.05) is 55.5 Å². The first-order valence-corrected chi connectivity index (χ1v) is 12.3. The van der Waals surface area contributed by atoms with Gasteiger partial charge in [0.05, 0.1) is 0 Å². The second-order valence-electron chi connectivity index (χ2n) is 8.66. The Hall–Kier alpha value is -4.07. The first-order chi connectivity index (χ1) is 18.0. The average molecular weight is 503 g/mol. The maximum absolute atomic E-state index is 15.0. The summed E-state index contributed by atoms with van der Waals surface area (Å²) < 4.78 is 20.7. The van der Waals surface area contributed by atoms with Gasteiger partial charge in [-0.05, 0) is 43.8 Å². The van der Waals surface area contributed by atoms with Gasteiger partial charge < -0.3 is 19.9 Å². The molecule has 4 aromatic rings. The van der Waals surface area contributed by atoms with Crippen LogP contribution in [-0.2, 0) is 6.54 Å². The zero-order chi connectivity index (χ0) is 26.4. The van der Waals surface area contributed by atoms with Gasteiger partial charge in [-0.15, -0.1) is 0 Å². The van der Waals surface area contributed by atoms with E-state index in [1.54, 1.807) is 12.1 Å². The Bertz CT molecular complexity index is 1390. The molecule has 5 rings (SSSR count). The van der Waals surface area contributed by atoms with Crippen LogP contribution in [-0.4, -0.2) is 63.0 Å². The number of rotatable bonds is 6. The number of nitrogens with one attached hydrogen (secondary N) is 2. The number of ether oxygens (including phenoxy) is 1. The van der Waals surface area contributed by atoms with Crippen molar-refractivity contribution in [1.82, 2.24) is 29.7 Å². The Balaban J connectivity index is 0.00000156. The third kappa shape index (κ3) is 6.02. The van der Waals surface area contributed by atoms with Crippen LogP contribution in [0.5, 0.6) is 11.6 Å². The largest absolute Gasteiger partial charge is 0.434 e. The summed E-state index contributed by atoms with van der Waals surface area (Å²) in [5.74, 6) is 0.173. The molecule has 3 aromatic heterocycles. The number of piperazine rings is 1. The number of anilines is 2. The number of H-pyrrole nitrogens is 1. The molecule has 0 radical (unpaired) electrons. The van der Waals surface area contributed by atoms with Crippen LogP contribution in [0.4, 0.5) is 16.0 Å². The van der Waals surface area contributed by atoms with Crippen molar-refractivity contribution in [3.63, 3.8) is 0 Å². The van der Waals surface area contributed by atoms with Crippen LogP contribution < -0.4 is 10.1 Å². The molecule has 192 valence electrons. The fourth-order valence-corrected chi connectivity index (χ4v) is 4.09. The second-order valence-corrected chi connectivity index (χ2v) is 8.66. The fraction of sp³-hybridized carbons (Fsp3) is 0.333. The van der Waals surface area contributed by atoms with Gasteiger partial charge in [0.2, 0.25) is 5.88 Å². The van der Waals surface area contributed by atoms with E-state index in [0.29, 0.717) is 16.7 Å². The minimum absolute atomic E-state index is 0.0240. The van der Waals surface area contributed by atoms with E-state index in [9.17, 15) is 9.65 Å². The van der Waals surface area contributed by atoms with Gasteiger partial charge in [-0.1, -0.05) is 19.9 Å². The summed E-state index contributed by atoms with van der Waals surface area (Å²) in [6.45, 7) is 10.9. The van der Waals surface area contributed by atoms with Crippen molar-refractivity contribution < 1.29 is 9.13 Å². The summed E-state index contributed by atoms with van der Waals surface area (Å²) in [4.78, 5) is 20.5. The first kappa shape index (κ1) is 26.0. The van der Waals surface area contributed by atoms with Gasteiger partial charge in [0.25, 0.3) is 0 Å². The molecule has 0 aliphatic carbocycles. The van der Waals surface area contributed by atoms with Crippen LogP contribution in [0.15, 0.2) is 42.9 Å². The Morgan fingerprint density at radius 3 is 2.59 bits per heavy atom. The van der Waals surface area contributed by atoms with Crippen molar-refractivity contribution in [2.75, 3.05) is 38.5 Å². The Morgan fingerprint density at radius 2 is 1.89 bits per heavy atom. The lowest BCUT2D eigenvalue weighted by atomic mass is 10.2. The van der Waals surface area contributed by atoms with Crippen molar-refractivity contribution in [2.45, 2.75) is 27.3 Å². The van der Waals surface area contributed by atoms with Gasteiger partial charge in [-0.25, -0.2) is 19.3 Å². The summed E-state index contributed by atoms with van der Waals surface area (Å²) in [5, 5.41) is 13.2. The number of fused-ring (bicyclic) bond motifs is 1. The van der Waals surface area contributed by atoms with E-state index in [0.717, 1.165) is 44.0 Å². The molecule has 2 N–H and O–H groups in total. The molecular weight excluding hydrogens is 471 g/mol. The van der Waals surface area contributed by atoms with Gasteiger partial charge in [0.15, 0.2) is 22.9 Å². The molecular formula is C27H31FN8O. The summed E-state index contributed by atoms with van der Waals surface area (Å²) in [5.41, 5.74) is 2.67. The molecule has 1 aliphatic heterocycles. The molecule has 0 unspecified atom stereocenters. The molecule has 1 aliphatic rings. The minimum Gasteiger partial charge on any atom is -0.434 e. The highest BCUT2D eigenvalue weighted by Gasteiger charge is 2.18. The number of likely N-dealkylation sites (N-methyl/N-ethyl adjacent to an activating group) is 1. The van der Waals surface area contributed by atoms with Gasteiger partial charge in [-0.3, -0.25) is 4.90 Å². The molecule has 0 spiro atoms. The summed E-state index contributed by atoms with van der Waals surface area (Å²) in [6, 6.07) is 10.8. The van der Waals surface area contributed by atoms with E-state index in [2.05, 4.69) is 48.2 Å². The third-order valence-corrected chi connectivity index (χ3v) is 6.04. The van der Waals surface area contributed by atoms with Crippen LogP contribution in [0.1, 0.15) is 30.7 Å². The Morgan fingerprint density at radius 1 is 1.11 bits per heavy atom. The summed E-state index contributed by atoms with van der Waals surface area (Å²) in [7, 11) is 2.14. The molecule has 4 heterocycles. The average Bonchev–Trinajstić information content (AvgIpc) is 3.31. The number of aryl methyl sites for hydroxylation is 1. The van der Waals surface area contributed by atoms with E-state index >= 15 is 0 Å². The van der Waals surface area contributed by atoms with E-state index in [4.69, 9.17) is 4.74 Å². The van der Waals surface area contributed by atoms with Crippen LogP contribution in [0.3, 0.4) is 0 Å². The number of hydrogen-bond donors (Lipinski definition) is 2. The Kier molecular flexibility index (Phi) is 8.28. The summed E-state index contributed by atoms with van der Waals surface area (Å²) >= 11 is 0. The topological polar surface area (TPSA) is 106 Å². The predicted octanol–water partition coefficient (Wildman–Crippen LogP) is 4.98. The van der Waals surface area contributed by atoms with Gasteiger partial charge in [-0.2, -0.15) is 5.26 Å². The summed E-state index contributed by atoms with van der Waals surface area (Å²) in [6.07, 6.45) is 3.08. The molecule has 1 saturated heterocycles. The molecule has 0 saturated carbocycles. The first-order valence-electron chi connectivity index (χ1n) is 12.3. The van der Waals surface area contributed by atoms with Crippen LogP contribution in [0.25, 0.3) is 10.9 Å². The number of nitriles is 1. The van der Waals surface area contributed by atoms with E-state index < -0.39 is 5.82 Å². The highest BCUT2D eigenvalue weighted by Crippen LogP contribution is 2.32. The normalized spacial score (nSPS) is 14.1. The predicted molar refractivity (Wildman–Crippen MR) is 141 cm³/mol. The molecule has 9 nitrogen and oxygen atoms in total. The lowest BCUT2D eigenvalue weighted by Gasteiger charge is -2.32. The highest BCUT2D eigenvalue weighted by atomic mass is 19.1. The number of hydrogen-bond acceptors (Lipinski definition) is 8. The van der Waals surface area contributed by atoms with Crippen LogP contribution in [0.2, 0.25) is 0 Å². The monoisotopic (exact) mass is 502 g/mol. The standard InChI is InChI=1S/C25H25FN8O.C2H6/c1-16-11-18-20(31-16)4-5-21(23(18)26)35-25-19(12-27)24(29-15-30-25)32-22-6-3-17(13-28-22)14-34-9-7-33(2)8-10-34;1-2/h3-6,11,13,15,31H,7-10,14H2,1-2H3,(H,28,29,30,32);1-2H3. The minimum atomic E-state index is -0.526. The van der Waals surface area contributed by atoms with Crippen molar-refractivity contribution in [3.8, 4) is 17.7 Å². The lowest BCUT2D eigenvalue weighted by Crippen LogP contribution is -2.43. The lowest BCUT2D eigenvalue weighted by molar-refractivity contribution is 0.148. The number of aromatic nitrogens is 4. The van der Waals surface area contributed by atoms with Crippen LogP contribution >= 0.6 is 0 Å². The van der Waals surface area contributed by atoms with Crippen LogP contribution in [0, 0.1) is 24.1 Å². The van der Waals surface area contributed by atoms with Crippen molar-refractivity contribution in [3.05, 3.63) is 65.5 Å². The number of nitrogens with zero attached hydrogens (tertiary/aromatic N) is 6. The van der Waals surface area contributed by atoms with Crippen molar-refractivity contribution in [1.29, 1.82) is 5.26 Å². The fourth-order valence-electron chi connectivity index (χ4n) is 4.09. The zero-order valence-corrected chi connectivity index (χ0v) is 21.5. The smallest absolute Gasteiger partial charge is 0.242 e. The molecule has 10 heteroatoms. The zero-order valence-electron chi connectivity index (χ0n) is 21.5. The quantitative estimate of drug-likeness (QED) is 0.380. The molecule has 1 aromatic carbocycles. The maximum atomic E-state index is 15.0. The molecule has 0 amide bonds. The van der Waals surface area contributed by atoms with E-state index in [1.807, 2.05) is 39.1 Å². The molecule has 37 heavy (non-hydrogen) atoms. The Labute approximate surface area is 215 Å². The number of benzene rings is 1. The number of pyridine rings is 1. The van der Waals surface area contributed by atoms with E-state index in [-0.39, 0.29) is 23.0 Å². The van der Waals surface area contributed by atoms with E-state index in [1.165, 1.54) is 12.4 Å². The highest BCUT2D eigenvalue weighted by molar-refractivity contribution is 5.83. The maximum Gasteiger partial charge on any atom is 0.242 e. The third-order valence-electron chi connectivity index (χ3n) is 6.04. The molecule has 0 atom stereocenters. The number of halogens is 1. The van der Waals surface area contributed by atoms with Crippen molar-refractivity contribution >= 4 is 22.5 Å².